The molecule has 2 atom stereocenters. The van der Waals surface area contributed by atoms with Gasteiger partial charge in [0.15, 0.2) is 0 Å². The molecule has 0 nitrogen and oxygen atoms in total. The summed E-state index contributed by atoms with van der Waals surface area (Å²) in [7, 11) is 0. The van der Waals surface area contributed by atoms with Crippen LogP contribution in [0.5, 0.6) is 0 Å². The maximum absolute atomic E-state index is 4.22. The summed E-state index contributed by atoms with van der Waals surface area (Å²) in [4.78, 5) is 0. The van der Waals surface area contributed by atoms with E-state index in [1.807, 2.05) is 0 Å². The fourth-order valence-corrected chi connectivity index (χ4v) is 4.94. The minimum absolute atomic E-state index is 0.790. The number of rotatable bonds is 0. The van der Waals surface area contributed by atoms with Crippen LogP contribution in [0, 0.1) is 23.2 Å². The van der Waals surface area contributed by atoms with E-state index in [4.69, 9.17) is 0 Å². The molecule has 3 aliphatic carbocycles. The first kappa shape index (κ1) is 10.9. The summed E-state index contributed by atoms with van der Waals surface area (Å²) < 4.78 is 0. The number of hydrogen-bond acceptors (Lipinski definition) is 0. The summed E-state index contributed by atoms with van der Waals surface area (Å²) in [6, 6.07) is 0. The van der Waals surface area contributed by atoms with E-state index >= 15 is 0 Å². The van der Waals surface area contributed by atoms with Crippen molar-refractivity contribution in [1.29, 1.82) is 0 Å². The summed E-state index contributed by atoms with van der Waals surface area (Å²) in [5.74, 6) is 3.10. The van der Waals surface area contributed by atoms with Crippen LogP contribution in [0.3, 0.4) is 0 Å². The van der Waals surface area contributed by atoms with E-state index in [1.165, 1.54) is 38.5 Å². The average Bonchev–Trinajstić information content (AvgIpc) is 2.62. The summed E-state index contributed by atoms with van der Waals surface area (Å²) in [5, 5.41) is 0. The summed E-state index contributed by atoms with van der Waals surface area (Å²) in [6.45, 7) is 6.67. The van der Waals surface area contributed by atoms with Crippen LogP contribution in [0.1, 0.15) is 64.7 Å². The number of fused-ring (bicyclic) bond motifs is 2. The van der Waals surface area contributed by atoms with Crippen molar-refractivity contribution >= 4 is 0 Å². The molecule has 16 heavy (non-hydrogen) atoms. The Kier molecular flexibility index (Phi) is 2.64. The van der Waals surface area contributed by atoms with Gasteiger partial charge in [-0.15, -0.1) is 0 Å². The molecule has 3 saturated carbocycles. The lowest BCUT2D eigenvalue weighted by Crippen LogP contribution is -2.34. The quantitative estimate of drug-likeness (QED) is 0.505. The van der Waals surface area contributed by atoms with E-state index in [0.717, 1.165) is 23.2 Å². The smallest absolute Gasteiger partial charge is 0.0266 e. The Balaban J connectivity index is 1.75. The fourth-order valence-electron chi connectivity index (χ4n) is 4.94. The highest BCUT2D eigenvalue weighted by molar-refractivity contribution is 5.09. The molecule has 3 fully saturated rings. The van der Waals surface area contributed by atoms with Crippen LogP contribution >= 0.6 is 0 Å². The minimum Gasteiger partial charge on any atom is -0.0999 e. The minimum atomic E-state index is 0.790. The molecular formula is C16H26. The highest BCUT2D eigenvalue weighted by Gasteiger charge is 2.49. The first-order valence-electron chi connectivity index (χ1n) is 7.36. The molecule has 0 heterocycles. The molecule has 0 N–H and O–H groups in total. The monoisotopic (exact) mass is 218 g/mol. The molecule has 0 amide bonds. The topological polar surface area (TPSA) is 0 Å². The predicted octanol–water partition coefficient (Wildman–Crippen LogP) is 4.95. The van der Waals surface area contributed by atoms with E-state index in [2.05, 4.69) is 13.5 Å². The van der Waals surface area contributed by atoms with E-state index in [-0.39, 0.29) is 0 Å². The second-order valence-corrected chi connectivity index (χ2v) is 6.94. The normalized spacial score (nSPS) is 48.3. The average molecular weight is 218 g/mol. The standard InChI is InChI=1S/C16H26/c1-12-5-8-16(9-6-12)10-7-14-11-13(2)3-4-15(14)16/h12,14-15H,2-11H2,1H3. The van der Waals surface area contributed by atoms with Gasteiger partial charge in [-0.2, -0.15) is 0 Å². The van der Waals surface area contributed by atoms with Gasteiger partial charge in [0, 0.05) is 0 Å². The van der Waals surface area contributed by atoms with Crippen molar-refractivity contribution in [2.75, 3.05) is 0 Å². The third-order valence-electron chi connectivity index (χ3n) is 6.00. The molecule has 90 valence electrons. The SMILES string of the molecule is C=C1CCC2C(CCC23CCC(C)CC3)C1. The van der Waals surface area contributed by atoms with E-state index in [9.17, 15) is 0 Å². The summed E-state index contributed by atoms with van der Waals surface area (Å²) in [5.41, 5.74) is 2.33. The zero-order valence-corrected chi connectivity index (χ0v) is 10.8. The summed E-state index contributed by atoms with van der Waals surface area (Å²) >= 11 is 0. The maximum Gasteiger partial charge on any atom is -0.0266 e. The molecular weight excluding hydrogens is 192 g/mol. The lowest BCUT2D eigenvalue weighted by atomic mass is 9.61. The van der Waals surface area contributed by atoms with Crippen LogP contribution in [0.4, 0.5) is 0 Å². The van der Waals surface area contributed by atoms with Crippen LogP contribution in [-0.2, 0) is 0 Å². The van der Waals surface area contributed by atoms with Crippen molar-refractivity contribution in [2.45, 2.75) is 64.7 Å². The summed E-state index contributed by atoms with van der Waals surface area (Å²) in [6.07, 6.45) is 13.3. The highest BCUT2D eigenvalue weighted by Crippen LogP contribution is 2.60. The molecule has 0 radical (unpaired) electrons. The van der Waals surface area contributed by atoms with Gasteiger partial charge in [0.25, 0.3) is 0 Å². The lowest BCUT2D eigenvalue weighted by molar-refractivity contribution is 0.0745. The molecule has 0 aromatic carbocycles. The van der Waals surface area contributed by atoms with Crippen molar-refractivity contribution in [3.05, 3.63) is 12.2 Å². The zero-order chi connectivity index (χ0) is 11.2. The molecule has 0 aromatic heterocycles. The molecule has 0 heteroatoms. The van der Waals surface area contributed by atoms with Gasteiger partial charge in [0.2, 0.25) is 0 Å². The third-order valence-corrected chi connectivity index (χ3v) is 6.00. The molecule has 2 unspecified atom stereocenters. The van der Waals surface area contributed by atoms with Gasteiger partial charge in [-0.1, -0.05) is 31.9 Å². The predicted molar refractivity (Wildman–Crippen MR) is 69.3 cm³/mol. The van der Waals surface area contributed by atoms with Crippen molar-refractivity contribution in [3.63, 3.8) is 0 Å². The van der Waals surface area contributed by atoms with Crippen LogP contribution in [0.15, 0.2) is 12.2 Å². The van der Waals surface area contributed by atoms with Gasteiger partial charge in [-0.05, 0) is 68.1 Å². The van der Waals surface area contributed by atoms with Crippen LogP contribution in [0.25, 0.3) is 0 Å². The van der Waals surface area contributed by atoms with Crippen molar-refractivity contribution in [3.8, 4) is 0 Å². The van der Waals surface area contributed by atoms with Crippen LogP contribution in [0.2, 0.25) is 0 Å². The number of allylic oxidation sites excluding steroid dienone is 1. The van der Waals surface area contributed by atoms with Crippen LogP contribution in [-0.4, -0.2) is 0 Å². The third kappa shape index (κ3) is 1.65. The zero-order valence-electron chi connectivity index (χ0n) is 10.8. The van der Waals surface area contributed by atoms with E-state index in [1.54, 1.807) is 24.8 Å². The van der Waals surface area contributed by atoms with Crippen molar-refractivity contribution in [1.82, 2.24) is 0 Å². The van der Waals surface area contributed by atoms with Gasteiger partial charge in [0.1, 0.15) is 0 Å². The van der Waals surface area contributed by atoms with Crippen molar-refractivity contribution < 1.29 is 0 Å². The molecule has 0 aliphatic heterocycles. The Morgan fingerprint density at radius 2 is 1.75 bits per heavy atom. The Bertz CT molecular complexity index is 280. The van der Waals surface area contributed by atoms with E-state index in [0.29, 0.717) is 0 Å². The van der Waals surface area contributed by atoms with Gasteiger partial charge in [-0.25, -0.2) is 0 Å². The Labute approximate surface area is 101 Å². The molecule has 0 aromatic rings. The molecule has 0 bridgehead atoms. The Morgan fingerprint density at radius 3 is 2.50 bits per heavy atom. The van der Waals surface area contributed by atoms with Gasteiger partial charge >= 0.3 is 0 Å². The first-order valence-corrected chi connectivity index (χ1v) is 7.36. The molecule has 3 aliphatic rings. The Hall–Kier alpha value is -0.260. The molecule has 3 rings (SSSR count). The fraction of sp³-hybridized carbons (Fsp3) is 0.875. The van der Waals surface area contributed by atoms with Crippen molar-refractivity contribution in [2.24, 2.45) is 23.2 Å². The van der Waals surface area contributed by atoms with Gasteiger partial charge in [-0.3, -0.25) is 0 Å². The maximum atomic E-state index is 4.22. The second-order valence-electron chi connectivity index (χ2n) is 6.94. The van der Waals surface area contributed by atoms with Crippen LogP contribution < -0.4 is 0 Å². The lowest BCUT2D eigenvalue weighted by Gasteiger charge is -2.44. The molecule has 1 spiro atoms. The van der Waals surface area contributed by atoms with E-state index < -0.39 is 0 Å². The largest absolute Gasteiger partial charge is 0.0999 e. The van der Waals surface area contributed by atoms with Gasteiger partial charge in [0.05, 0.1) is 0 Å². The van der Waals surface area contributed by atoms with Gasteiger partial charge < -0.3 is 0 Å². The second kappa shape index (κ2) is 3.89. The number of hydrogen-bond donors (Lipinski definition) is 0. The Morgan fingerprint density at radius 1 is 1.06 bits per heavy atom. The first-order chi connectivity index (χ1) is 7.70. The molecule has 0 saturated heterocycles. The highest BCUT2D eigenvalue weighted by atomic mass is 14.5.